The Morgan fingerprint density at radius 1 is 1.08 bits per heavy atom. The second kappa shape index (κ2) is 3.35. The Kier molecular flexibility index (Phi) is 2.37. The van der Waals surface area contributed by atoms with Crippen LogP contribution in [0, 0.1) is 11.8 Å². The molecule has 0 saturated heterocycles. The number of fused-ring (bicyclic) bond motifs is 1. The molecule has 0 aliphatic heterocycles. The van der Waals surface area contributed by atoms with Gasteiger partial charge in [0.15, 0.2) is 0 Å². The standard InChI is InChI=1S/C10H18O2/c1-12-10-4-2-3-7-8(10)5-6-9(7)11/h7-11H,2-6H2,1H3. The molecule has 2 heteroatoms. The van der Waals surface area contributed by atoms with Gasteiger partial charge in [0, 0.05) is 7.11 Å². The average molecular weight is 170 g/mol. The molecule has 0 spiro atoms. The highest BCUT2D eigenvalue weighted by molar-refractivity contribution is 4.92. The quantitative estimate of drug-likeness (QED) is 0.647. The summed E-state index contributed by atoms with van der Waals surface area (Å²) >= 11 is 0. The van der Waals surface area contributed by atoms with E-state index in [-0.39, 0.29) is 6.10 Å². The van der Waals surface area contributed by atoms with Crippen LogP contribution in [0.1, 0.15) is 32.1 Å². The van der Waals surface area contributed by atoms with Crippen LogP contribution < -0.4 is 0 Å². The highest BCUT2D eigenvalue weighted by atomic mass is 16.5. The summed E-state index contributed by atoms with van der Waals surface area (Å²) in [4.78, 5) is 0. The zero-order valence-corrected chi connectivity index (χ0v) is 7.70. The van der Waals surface area contributed by atoms with Gasteiger partial charge < -0.3 is 9.84 Å². The van der Waals surface area contributed by atoms with E-state index in [4.69, 9.17) is 4.74 Å². The third-order valence-electron chi connectivity index (χ3n) is 3.65. The molecule has 0 radical (unpaired) electrons. The van der Waals surface area contributed by atoms with Gasteiger partial charge >= 0.3 is 0 Å². The van der Waals surface area contributed by atoms with E-state index >= 15 is 0 Å². The average Bonchev–Trinajstić information content (AvgIpc) is 2.48. The van der Waals surface area contributed by atoms with Crippen molar-refractivity contribution in [1.82, 2.24) is 0 Å². The normalized spacial score (nSPS) is 47.5. The molecule has 70 valence electrons. The van der Waals surface area contributed by atoms with Crippen molar-refractivity contribution < 1.29 is 9.84 Å². The Hall–Kier alpha value is -0.0800. The van der Waals surface area contributed by atoms with Gasteiger partial charge in [0.25, 0.3) is 0 Å². The van der Waals surface area contributed by atoms with Gasteiger partial charge in [-0.3, -0.25) is 0 Å². The lowest BCUT2D eigenvalue weighted by atomic mass is 9.79. The lowest BCUT2D eigenvalue weighted by molar-refractivity contribution is -0.0143. The maximum absolute atomic E-state index is 9.68. The predicted molar refractivity (Wildman–Crippen MR) is 46.9 cm³/mol. The molecule has 0 bridgehead atoms. The molecule has 0 aromatic heterocycles. The summed E-state index contributed by atoms with van der Waals surface area (Å²) in [5.74, 6) is 1.20. The van der Waals surface area contributed by atoms with Crippen LogP contribution in [-0.2, 0) is 4.74 Å². The fourth-order valence-corrected chi connectivity index (χ4v) is 3.01. The van der Waals surface area contributed by atoms with Crippen molar-refractivity contribution >= 4 is 0 Å². The first-order chi connectivity index (χ1) is 5.83. The minimum atomic E-state index is -0.0343. The molecule has 2 saturated carbocycles. The third kappa shape index (κ3) is 1.27. The molecule has 0 aromatic rings. The number of rotatable bonds is 1. The predicted octanol–water partition coefficient (Wildman–Crippen LogP) is 1.57. The number of methoxy groups -OCH3 is 1. The van der Waals surface area contributed by atoms with Crippen molar-refractivity contribution in [1.29, 1.82) is 0 Å². The minimum Gasteiger partial charge on any atom is -0.393 e. The summed E-state index contributed by atoms with van der Waals surface area (Å²) < 4.78 is 5.44. The lowest BCUT2D eigenvalue weighted by Crippen LogP contribution is -2.33. The van der Waals surface area contributed by atoms with Gasteiger partial charge in [0.1, 0.15) is 0 Å². The van der Waals surface area contributed by atoms with Gasteiger partial charge in [-0.2, -0.15) is 0 Å². The van der Waals surface area contributed by atoms with E-state index in [0.29, 0.717) is 17.9 Å². The number of ether oxygens (including phenoxy) is 1. The molecule has 1 N–H and O–H groups in total. The van der Waals surface area contributed by atoms with E-state index in [1.807, 2.05) is 0 Å². The number of hydrogen-bond donors (Lipinski definition) is 1. The molecule has 2 aliphatic rings. The fourth-order valence-electron chi connectivity index (χ4n) is 3.01. The molecular weight excluding hydrogens is 152 g/mol. The van der Waals surface area contributed by atoms with Crippen LogP contribution >= 0.6 is 0 Å². The molecular formula is C10H18O2. The molecule has 2 nitrogen and oxygen atoms in total. The highest BCUT2D eigenvalue weighted by Gasteiger charge is 2.41. The van der Waals surface area contributed by atoms with Gasteiger partial charge in [-0.1, -0.05) is 6.42 Å². The summed E-state index contributed by atoms with van der Waals surface area (Å²) in [5.41, 5.74) is 0. The monoisotopic (exact) mass is 170 g/mol. The van der Waals surface area contributed by atoms with E-state index in [1.165, 1.54) is 25.7 Å². The van der Waals surface area contributed by atoms with Crippen molar-refractivity contribution in [3.8, 4) is 0 Å². The summed E-state index contributed by atoms with van der Waals surface area (Å²) in [6.45, 7) is 0. The van der Waals surface area contributed by atoms with E-state index in [2.05, 4.69) is 0 Å². The summed E-state index contributed by atoms with van der Waals surface area (Å²) in [6, 6.07) is 0. The Labute approximate surface area is 73.9 Å². The van der Waals surface area contributed by atoms with Gasteiger partial charge in [-0.05, 0) is 37.5 Å². The largest absolute Gasteiger partial charge is 0.393 e. The topological polar surface area (TPSA) is 29.5 Å². The van der Waals surface area contributed by atoms with Crippen LogP contribution in [0.4, 0.5) is 0 Å². The zero-order chi connectivity index (χ0) is 8.55. The first-order valence-electron chi connectivity index (χ1n) is 5.04. The molecule has 0 heterocycles. The van der Waals surface area contributed by atoms with Crippen molar-refractivity contribution in [3.05, 3.63) is 0 Å². The summed E-state index contributed by atoms with van der Waals surface area (Å²) in [5, 5.41) is 9.68. The second-order valence-electron chi connectivity index (χ2n) is 4.18. The van der Waals surface area contributed by atoms with Gasteiger partial charge in [-0.15, -0.1) is 0 Å². The first kappa shape index (κ1) is 8.52. The molecule has 2 fully saturated rings. The molecule has 4 atom stereocenters. The van der Waals surface area contributed by atoms with Crippen LogP contribution in [-0.4, -0.2) is 24.4 Å². The van der Waals surface area contributed by atoms with Crippen molar-refractivity contribution in [3.63, 3.8) is 0 Å². The highest BCUT2D eigenvalue weighted by Crippen LogP contribution is 2.43. The fraction of sp³-hybridized carbons (Fsp3) is 1.00. The van der Waals surface area contributed by atoms with Gasteiger partial charge in [0.05, 0.1) is 12.2 Å². The third-order valence-corrected chi connectivity index (χ3v) is 3.65. The Balaban J connectivity index is 2.04. The summed E-state index contributed by atoms with van der Waals surface area (Å²) in [7, 11) is 1.80. The SMILES string of the molecule is COC1CCCC2C(O)CCC12. The van der Waals surface area contributed by atoms with Crippen molar-refractivity contribution in [2.45, 2.75) is 44.3 Å². The summed E-state index contributed by atoms with van der Waals surface area (Å²) in [6.07, 6.45) is 6.21. The van der Waals surface area contributed by atoms with Crippen LogP contribution in [0.2, 0.25) is 0 Å². The number of aliphatic hydroxyl groups is 1. The zero-order valence-electron chi connectivity index (χ0n) is 7.70. The van der Waals surface area contributed by atoms with Crippen LogP contribution in [0.5, 0.6) is 0 Å². The molecule has 2 aliphatic carbocycles. The Morgan fingerprint density at radius 2 is 1.92 bits per heavy atom. The molecule has 2 rings (SSSR count). The maximum atomic E-state index is 9.68. The molecule has 0 amide bonds. The van der Waals surface area contributed by atoms with E-state index in [9.17, 15) is 5.11 Å². The Morgan fingerprint density at radius 3 is 2.67 bits per heavy atom. The van der Waals surface area contributed by atoms with Crippen LogP contribution in [0.3, 0.4) is 0 Å². The van der Waals surface area contributed by atoms with E-state index < -0.39 is 0 Å². The van der Waals surface area contributed by atoms with Crippen LogP contribution in [0.25, 0.3) is 0 Å². The van der Waals surface area contributed by atoms with Gasteiger partial charge in [0.2, 0.25) is 0 Å². The minimum absolute atomic E-state index is 0.0343. The van der Waals surface area contributed by atoms with E-state index in [1.54, 1.807) is 7.11 Å². The second-order valence-corrected chi connectivity index (χ2v) is 4.18. The van der Waals surface area contributed by atoms with Crippen molar-refractivity contribution in [2.75, 3.05) is 7.11 Å². The lowest BCUT2D eigenvalue weighted by Gasteiger charge is -2.33. The molecule has 0 aromatic carbocycles. The van der Waals surface area contributed by atoms with Gasteiger partial charge in [-0.25, -0.2) is 0 Å². The molecule has 4 unspecified atom stereocenters. The first-order valence-corrected chi connectivity index (χ1v) is 5.04. The van der Waals surface area contributed by atoms with Crippen molar-refractivity contribution in [2.24, 2.45) is 11.8 Å². The smallest absolute Gasteiger partial charge is 0.0603 e. The van der Waals surface area contributed by atoms with E-state index in [0.717, 1.165) is 6.42 Å². The maximum Gasteiger partial charge on any atom is 0.0603 e. The van der Waals surface area contributed by atoms with Crippen LogP contribution in [0.15, 0.2) is 0 Å². The number of aliphatic hydroxyl groups excluding tert-OH is 1. The molecule has 12 heavy (non-hydrogen) atoms. The Bertz CT molecular complexity index is 158. The number of hydrogen-bond acceptors (Lipinski definition) is 2.